The summed E-state index contributed by atoms with van der Waals surface area (Å²) in [6, 6.07) is 14.5. The Morgan fingerprint density at radius 3 is 2.86 bits per heavy atom. The van der Waals surface area contributed by atoms with Gasteiger partial charge in [0.1, 0.15) is 18.5 Å². The number of piperazine rings is 1. The fourth-order valence-corrected chi connectivity index (χ4v) is 5.94. The van der Waals surface area contributed by atoms with Crippen LogP contribution in [0.3, 0.4) is 0 Å². The number of β-amino-alcohol motifs (C(OH)–C–C–N with tert-alkyl or cyclic N) is 1. The Morgan fingerprint density at radius 1 is 1.20 bits per heavy atom. The minimum atomic E-state index is -0.566. The van der Waals surface area contributed by atoms with E-state index in [0.717, 1.165) is 66.4 Å². The minimum absolute atomic E-state index is 0.0980. The van der Waals surface area contributed by atoms with Gasteiger partial charge in [-0.05, 0) is 49.4 Å². The number of nitrogens with zero attached hydrogens (tertiary/aromatic N) is 3. The van der Waals surface area contributed by atoms with E-state index in [-0.39, 0.29) is 18.6 Å². The zero-order valence-electron chi connectivity index (χ0n) is 20.3. The molecule has 2 heterocycles. The van der Waals surface area contributed by atoms with E-state index in [9.17, 15) is 9.90 Å². The number of hydrogen-bond donors (Lipinski definition) is 2. The van der Waals surface area contributed by atoms with Crippen molar-refractivity contribution in [1.82, 2.24) is 20.1 Å². The number of carbonyl (C=O) groups is 1. The highest BCUT2D eigenvalue weighted by Crippen LogP contribution is 2.29. The Bertz CT molecular complexity index is 1160. The van der Waals surface area contributed by atoms with Crippen LogP contribution in [0.25, 0.3) is 10.2 Å². The third kappa shape index (κ3) is 6.19. The van der Waals surface area contributed by atoms with Crippen LogP contribution in [-0.2, 0) is 11.2 Å². The van der Waals surface area contributed by atoms with Crippen molar-refractivity contribution in [2.24, 2.45) is 0 Å². The molecule has 2 atom stereocenters. The first-order valence-corrected chi connectivity index (χ1v) is 13.3. The molecule has 1 aliphatic heterocycles. The van der Waals surface area contributed by atoms with Crippen molar-refractivity contribution in [3.8, 4) is 5.75 Å². The summed E-state index contributed by atoms with van der Waals surface area (Å²) in [5.74, 6) is 0.833. The van der Waals surface area contributed by atoms with Crippen molar-refractivity contribution in [1.29, 1.82) is 0 Å². The van der Waals surface area contributed by atoms with E-state index in [2.05, 4.69) is 44.4 Å². The first-order valence-electron chi connectivity index (χ1n) is 12.5. The number of aliphatic hydroxyl groups excluding tert-OH is 1. The predicted octanol–water partition coefficient (Wildman–Crippen LogP) is 3.16. The molecule has 3 aromatic rings. The second-order valence-corrected chi connectivity index (χ2v) is 10.8. The van der Waals surface area contributed by atoms with E-state index in [4.69, 9.17) is 4.74 Å². The number of amides is 1. The molecule has 186 valence electrons. The smallest absolute Gasteiger partial charge is 0.234 e. The standard InChI is InChI=1S/C27H34N4O3S/c1-19-28-25-15-22(9-10-26(25)35-19)34-18-21(32)16-30-11-13-31(14-12-30)17-27(33)29-24-8-4-6-20-5-2-3-7-23(20)24/h2-3,5,7,9-10,15,21,24,32H,4,6,8,11-14,16-18H2,1H3,(H,29,33)/t21-,24?/m1/s1. The quantitative estimate of drug-likeness (QED) is 0.501. The highest BCUT2D eigenvalue weighted by atomic mass is 32.1. The lowest BCUT2D eigenvalue weighted by Crippen LogP contribution is -2.51. The number of carbonyl (C=O) groups excluding carboxylic acids is 1. The Morgan fingerprint density at radius 2 is 2.00 bits per heavy atom. The van der Waals surface area contributed by atoms with Crippen LogP contribution in [0.5, 0.6) is 5.75 Å². The molecule has 0 spiro atoms. The monoisotopic (exact) mass is 494 g/mol. The van der Waals surface area contributed by atoms with Gasteiger partial charge in [-0.15, -0.1) is 11.3 Å². The van der Waals surface area contributed by atoms with Crippen LogP contribution in [0.2, 0.25) is 0 Å². The van der Waals surface area contributed by atoms with Gasteiger partial charge in [0, 0.05) is 38.8 Å². The molecule has 0 saturated carbocycles. The Kier molecular flexibility index (Phi) is 7.63. The van der Waals surface area contributed by atoms with Crippen molar-refractivity contribution < 1.29 is 14.6 Å². The van der Waals surface area contributed by atoms with Gasteiger partial charge in [-0.25, -0.2) is 4.98 Å². The second kappa shape index (κ2) is 11.0. The molecular formula is C27H34N4O3S. The highest BCUT2D eigenvalue weighted by molar-refractivity contribution is 7.18. The van der Waals surface area contributed by atoms with Crippen LogP contribution >= 0.6 is 11.3 Å². The number of hydrogen-bond acceptors (Lipinski definition) is 7. The number of thiazole rings is 1. The maximum Gasteiger partial charge on any atom is 0.234 e. The molecule has 2 aliphatic rings. The Labute approximate surface area is 210 Å². The zero-order valence-corrected chi connectivity index (χ0v) is 21.1. The van der Waals surface area contributed by atoms with Crippen molar-refractivity contribution in [3.63, 3.8) is 0 Å². The summed E-state index contributed by atoms with van der Waals surface area (Å²) in [6.45, 7) is 6.55. The van der Waals surface area contributed by atoms with Gasteiger partial charge in [-0.3, -0.25) is 14.6 Å². The van der Waals surface area contributed by atoms with Crippen molar-refractivity contribution >= 4 is 27.5 Å². The maximum atomic E-state index is 12.7. The number of rotatable bonds is 8. The van der Waals surface area contributed by atoms with Crippen molar-refractivity contribution in [3.05, 3.63) is 58.6 Å². The number of nitrogens with one attached hydrogen (secondary N) is 1. The van der Waals surface area contributed by atoms with E-state index in [1.807, 2.05) is 25.1 Å². The third-order valence-electron chi connectivity index (χ3n) is 6.91. The number of fused-ring (bicyclic) bond motifs is 2. The average Bonchev–Trinajstić information content (AvgIpc) is 3.23. The van der Waals surface area contributed by atoms with Gasteiger partial charge in [0.2, 0.25) is 5.91 Å². The van der Waals surface area contributed by atoms with E-state index in [0.29, 0.717) is 13.1 Å². The molecule has 7 nitrogen and oxygen atoms in total. The van der Waals surface area contributed by atoms with Gasteiger partial charge in [0.05, 0.1) is 27.8 Å². The van der Waals surface area contributed by atoms with E-state index in [1.54, 1.807) is 11.3 Å². The van der Waals surface area contributed by atoms with Gasteiger partial charge in [0.25, 0.3) is 0 Å². The molecule has 1 saturated heterocycles. The summed E-state index contributed by atoms with van der Waals surface area (Å²) in [4.78, 5) is 21.7. The largest absolute Gasteiger partial charge is 0.491 e. The molecule has 1 unspecified atom stereocenters. The van der Waals surface area contributed by atoms with Crippen LogP contribution < -0.4 is 10.1 Å². The lowest BCUT2D eigenvalue weighted by Gasteiger charge is -2.35. The van der Waals surface area contributed by atoms with Gasteiger partial charge >= 0.3 is 0 Å². The molecule has 2 aromatic carbocycles. The number of aryl methyl sites for hydroxylation is 2. The van der Waals surface area contributed by atoms with E-state index < -0.39 is 6.10 Å². The zero-order chi connectivity index (χ0) is 24.2. The summed E-state index contributed by atoms with van der Waals surface area (Å²) >= 11 is 1.67. The third-order valence-corrected chi connectivity index (χ3v) is 7.87. The lowest BCUT2D eigenvalue weighted by molar-refractivity contribution is -0.123. The molecule has 1 fully saturated rings. The van der Waals surface area contributed by atoms with Crippen molar-refractivity contribution in [2.45, 2.75) is 38.3 Å². The fourth-order valence-electron chi connectivity index (χ4n) is 5.13. The summed E-state index contributed by atoms with van der Waals surface area (Å²) < 4.78 is 6.97. The molecule has 1 aliphatic carbocycles. The average molecular weight is 495 g/mol. The van der Waals surface area contributed by atoms with Crippen LogP contribution in [0.1, 0.15) is 35.0 Å². The topological polar surface area (TPSA) is 77.9 Å². The summed E-state index contributed by atoms with van der Waals surface area (Å²) in [7, 11) is 0. The van der Waals surface area contributed by atoms with Gasteiger partial charge in [0.15, 0.2) is 0 Å². The SMILES string of the molecule is Cc1nc2cc(OC[C@H](O)CN3CCN(CC(=O)NC4CCCc5ccccc54)CC3)ccc2s1. The van der Waals surface area contributed by atoms with Crippen LogP contribution in [0.4, 0.5) is 0 Å². The minimum Gasteiger partial charge on any atom is -0.491 e. The number of ether oxygens (including phenoxy) is 1. The van der Waals surface area contributed by atoms with Gasteiger partial charge in [-0.1, -0.05) is 24.3 Å². The first kappa shape index (κ1) is 24.2. The molecule has 5 rings (SSSR count). The second-order valence-electron chi connectivity index (χ2n) is 9.62. The molecule has 8 heteroatoms. The number of benzene rings is 2. The number of aliphatic hydroxyl groups is 1. The van der Waals surface area contributed by atoms with Gasteiger partial charge in [-0.2, -0.15) is 0 Å². The fraction of sp³-hybridized carbons (Fsp3) is 0.481. The normalized spacial score (nSPS) is 19.9. The summed E-state index contributed by atoms with van der Waals surface area (Å²) in [5.41, 5.74) is 3.57. The Balaban J connectivity index is 1.03. The van der Waals surface area contributed by atoms with Gasteiger partial charge < -0.3 is 15.2 Å². The number of aromatic nitrogens is 1. The molecule has 0 radical (unpaired) electrons. The molecule has 0 bridgehead atoms. The van der Waals surface area contributed by atoms with E-state index >= 15 is 0 Å². The highest BCUT2D eigenvalue weighted by Gasteiger charge is 2.24. The predicted molar refractivity (Wildman–Crippen MR) is 139 cm³/mol. The van der Waals surface area contributed by atoms with Crippen LogP contribution in [-0.4, -0.2) is 77.8 Å². The molecule has 1 amide bonds. The maximum absolute atomic E-state index is 12.7. The van der Waals surface area contributed by atoms with Crippen LogP contribution in [0, 0.1) is 6.92 Å². The lowest BCUT2D eigenvalue weighted by atomic mass is 9.88. The summed E-state index contributed by atoms with van der Waals surface area (Å²) in [6.07, 6.45) is 2.66. The first-order chi connectivity index (χ1) is 17.0. The molecular weight excluding hydrogens is 460 g/mol. The Hall–Kier alpha value is -2.52. The van der Waals surface area contributed by atoms with Crippen molar-refractivity contribution in [2.75, 3.05) is 45.9 Å². The molecule has 2 N–H and O–H groups in total. The van der Waals surface area contributed by atoms with Crippen LogP contribution in [0.15, 0.2) is 42.5 Å². The molecule has 35 heavy (non-hydrogen) atoms. The summed E-state index contributed by atoms with van der Waals surface area (Å²) in [5, 5.41) is 14.8. The molecule has 1 aromatic heterocycles. The van der Waals surface area contributed by atoms with E-state index in [1.165, 1.54) is 11.1 Å².